The van der Waals surface area contributed by atoms with E-state index in [1.54, 1.807) is 34.1 Å². The number of aryl methyl sites for hydroxylation is 2. The molecule has 6 nitrogen and oxygen atoms in total. The third kappa shape index (κ3) is 3.25. The number of anilines is 2. The normalized spacial score (nSPS) is 20.3. The van der Waals surface area contributed by atoms with Gasteiger partial charge in [0, 0.05) is 19.4 Å². The average molecular weight is 426 g/mol. The van der Waals surface area contributed by atoms with Crippen molar-refractivity contribution in [3.05, 3.63) is 58.1 Å². The summed E-state index contributed by atoms with van der Waals surface area (Å²) in [6, 6.07) is 10.9. The maximum absolute atomic E-state index is 13.2. The maximum atomic E-state index is 13.2. The molecule has 3 amide bonds. The molecule has 2 aromatic carbocycles. The van der Waals surface area contributed by atoms with Gasteiger partial charge in [0.2, 0.25) is 11.8 Å². The van der Waals surface area contributed by atoms with E-state index >= 15 is 0 Å². The molecule has 2 heterocycles. The standard InChI is InChI=1S/C23H24ClN3O3/c1-14-12-15(2)21(17(24)13-14)25-19(28)9-11-26-22(30)16-6-4-5-7-18(16)27-20(29)8-10-23(26,27)3/h4-7,12-13H,8-11H2,1-3H3,(H,25,28)/t23-/m0/s1. The van der Waals surface area contributed by atoms with E-state index in [0.29, 0.717) is 34.8 Å². The van der Waals surface area contributed by atoms with Crippen molar-refractivity contribution in [3.63, 3.8) is 0 Å². The molecular weight excluding hydrogens is 402 g/mol. The lowest BCUT2D eigenvalue weighted by atomic mass is 9.98. The van der Waals surface area contributed by atoms with Crippen molar-refractivity contribution >= 4 is 40.7 Å². The molecule has 0 radical (unpaired) electrons. The van der Waals surface area contributed by atoms with Gasteiger partial charge in [-0.3, -0.25) is 19.3 Å². The molecule has 2 aliphatic heterocycles. The van der Waals surface area contributed by atoms with Crippen molar-refractivity contribution in [2.45, 2.75) is 45.7 Å². The van der Waals surface area contributed by atoms with Crippen LogP contribution in [0.25, 0.3) is 0 Å². The summed E-state index contributed by atoms with van der Waals surface area (Å²) in [5.74, 6) is -0.389. The van der Waals surface area contributed by atoms with E-state index in [0.717, 1.165) is 11.1 Å². The highest BCUT2D eigenvalue weighted by Crippen LogP contribution is 2.44. The van der Waals surface area contributed by atoms with Crippen LogP contribution in [0.5, 0.6) is 0 Å². The van der Waals surface area contributed by atoms with Gasteiger partial charge in [0.15, 0.2) is 0 Å². The van der Waals surface area contributed by atoms with Gasteiger partial charge in [0.25, 0.3) is 5.91 Å². The van der Waals surface area contributed by atoms with Gasteiger partial charge in [-0.25, -0.2) is 0 Å². The minimum absolute atomic E-state index is 0.00559. The second kappa shape index (κ2) is 7.43. The molecule has 0 bridgehead atoms. The fourth-order valence-electron chi connectivity index (χ4n) is 4.53. The number of para-hydroxylation sites is 1. The Labute approximate surface area is 180 Å². The van der Waals surface area contributed by atoms with Crippen LogP contribution in [0.15, 0.2) is 36.4 Å². The fraction of sp³-hybridized carbons (Fsp3) is 0.348. The number of hydrogen-bond acceptors (Lipinski definition) is 3. The summed E-state index contributed by atoms with van der Waals surface area (Å²) in [5.41, 5.74) is 2.87. The molecule has 2 aliphatic rings. The Balaban J connectivity index is 1.55. The molecule has 0 aliphatic carbocycles. The first-order valence-electron chi connectivity index (χ1n) is 10.0. The summed E-state index contributed by atoms with van der Waals surface area (Å²) in [6.07, 6.45) is 1.02. The van der Waals surface area contributed by atoms with Gasteiger partial charge in [-0.1, -0.05) is 29.8 Å². The van der Waals surface area contributed by atoms with E-state index in [-0.39, 0.29) is 30.7 Å². The molecule has 0 unspecified atom stereocenters. The summed E-state index contributed by atoms with van der Waals surface area (Å²) < 4.78 is 0. The van der Waals surface area contributed by atoms with Crippen LogP contribution in [-0.4, -0.2) is 34.8 Å². The summed E-state index contributed by atoms with van der Waals surface area (Å²) in [5, 5.41) is 3.36. The summed E-state index contributed by atoms with van der Waals surface area (Å²) >= 11 is 6.29. The molecule has 2 aromatic rings. The molecule has 7 heteroatoms. The number of carbonyl (C=O) groups excluding carboxylic acids is 3. The number of hydrogen-bond donors (Lipinski definition) is 1. The van der Waals surface area contributed by atoms with E-state index in [4.69, 9.17) is 11.6 Å². The third-order valence-corrected chi connectivity index (χ3v) is 6.30. The molecule has 4 rings (SSSR count). The first kappa shape index (κ1) is 20.4. The molecule has 1 fully saturated rings. The number of halogens is 1. The summed E-state index contributed by atoms with van der Waals surface area (Å²) in [7, 11) is 0. The quantitative estimate of drug-likeness (QED) is 0.794. The zero-order valence-corrected chi connectivity index (χ0v) is 18.0. The zero-order valence-electron chi connectivity index (χ0n) is 17.3. The Morgan fingerprint density at radius 2 is 1.93 bits per heavy atom. The van der Waals surface area contributed by atoms with Crippen molar-refractivity contribution in [3.8, 4) is 0 Å². The van der Waals surface area contributed by atoms with Gasteiger partial charge in [-0.05, 0) is 56.5 Å². The lowest BCUT2D eigenvalue weighted by molar-refractivity contribution is -0.117. The van der Waals surface area contributed by atoms with Crippen LogP contribution in [0.1, 0.15) is 47.7 Å². The highest BCUT2D eigenvalue weighted by atomic mass is 35.5. The lowest BCUT2D eigenvalue weighted by Crippen LogP contribution is -2.62. The number of fused-ring (bicyclic) bond motifs is 3. The van der Waals surface area contributed by atoms with Crippen molar-refractivity contribution in [2.24, 2.45) is 0 Å². The van der Waals surface area contributed by atoms with E-state index in [1.807, 2.05) is 32.9 Å². The first-order chi connectivity index (χ1) is 14.2. The van der Waals surface area contributed by atoms with Crippen molar-refractivity contribution in [1.29, 1.82) is 0 Å². The number of nitrogens with zero attached hydrogens (tertiary/aromatic N) is 2. The summed E-state index contributed by atoms with van der Waals surface area (Å²) in [6.45, 7) is 5.94. The van der Waals surface area contributed by atoms with E-state index < -0.39 is 5.66 Å². The first-order valence-corrected chi connectivity index (χ1v) is 10.4. The minimum atomic E-state index is -0.764. The molecule has 1 N–H and O–H groups in total. The molecule has 1 atom stereocenters. The molecule has 30 heavy (non-hydrogen) atoms. The third-order valence-electron chi connectivity index (χ3n) is 6.00. The molecular formula is C23H24ClN3O3. The van der Waals surface area contributed by atoms with Gasteiger partial charge in [0.05, 0.1) is 22.0 Å². The summed E-state index contributed by atoms with van der Waals surface area (Å²) in [4.78, 5) is 41.9. The van der Waals surface area contributed by atoms with Gasteiger partial charge in [-0.15, -0.1) is 0 Å². The Morgan fingerprint density at radius 3 is 2.67 bits per heavy atom. The predicted molar refractivity (Wildman–Crippen MR) is 117 cm³/mol. The van der Waals surface area contributed by atoms with Crippen LogP contribution in [0.4, 0.5) is 11.4 Å². The van der Waals surface area contributed by atoms with Crippen molar-refractivity contribution in [2.75, 3.05) is 16.8 Å². The van der Waals surface area contributed by atoms with Crippen LogP contribution >= 0.6 is 11.6 Å². The second-order valence-electron chi connectivity index (χ2n) is 8.16. The van der Waals surface area contributed by atoms with Crippen LogP contribution in [0, 0.1) is 13.8 Å². The Kier molecular flexibility index (Phi) is 5.06. The van der Waals surface area contributed by atoms with Crippen LogP contribution in [-0.2, 0) is 9.59 Å². The highest BCUT2D eigenvalue weighted by Gasteiger charge is 2.52. The smallest absolute Gasteiger partial charge is 0.257 e. The van der Waals surface area contributed by atoms with Gasteiger partial charge in [0.1, 0.15) is 5.66 Å². The zero-order chi connectivity index (χ0) is 21.6. The number of nitrogens with one attached hydrogen (secondary N) is 1. The topological polar surface area (TPSA) is 69.7 Å². The van der Waals surface area contributed by atoms with Crippen LogP contribution < -0.4 is 10.2 Å². The maximum Gasteiger partial charge on any atom is 0.257 e. The number of carbonyl (C=O) groups is 3. The van der Waals surface area contributed by atoms with E-state index in [9.17, 15) is 14.4 Å². The minimum Gasteiger partial charge on any atom is -0.324 e. The van der Waals surface area contributed by atoms with E-state index in [1.165, 1.54) is 0 Å². The van der Waals surface area contributed by atoms with E-state index in [2.05, 4.69) is 5.32 Å². The molecule has 1 saturated heterocycles. The van der Waals surface area contributed by atoms with Crippen molar-refractivity contribution < 1.29 is 14.4 Å². The number of amides is 3. The number of rotatable bonds is 4. The molecule has 0 saturated carbocycles. The Morgan fingerprint density at radius 1 is 1.20 bits per heavy atom. The fourth-order valence-corrected chi connectivity index (χ4v) is 4.90. The molecule has 0 spiro atoms. The highest BCUT2D eigenvalue weighted by molar-refractivity contribution is 6.34. The van der Waals surface area contributed by atoms with Gasteiger partial charge in [-0.2, -0.15) is 0 Å². The Hall–Kier alpha value is -2.86. The van der Waals surface area contributed by atoms with Gasteiger partial charge < -0.3 is 10.2 Å². The average Bonchev–Trinajstić information content (AvgIpc) is 3.00. The van der Waals surface area contributed by atoms with Crippen LogP contribution in [0.3, 0.4) is 0 Å². The Bertz CT molecular complexity index is 1040. The largest absolute Gasteiger partial charge is 0.324 e. The van der Waals surface area contributed by atoms with Crippen molar-refractivity contribution in [1.82, 2.24) is 4.90 Å². The van der Waals surface area contributed by atoms with Crippen LogP contribution in [0.2, 0.25) is 5.02 Å². The molecule has 0 aromatic heterocycles. The lowest BCUT2D eigenvalue weighted by Gasteiger charge is -2.48. The van der Waals surface area contributed by atoms with Gasteiger partial charge >= 0.3 is 0 Å². The number of benzene rings is 2. The SMILES string of the molecule is Cc1cc(C)c(NC(=O)CCN2C(=O)c3ccccc3N3C(=O)CC[C@@]23C)c(Cl)c1. The second-order valence-corrected chi connectivity index (χ2v) is 8.56. The predicted octanol–water partition coefficient (Wildman–Crippen LogP) is 4.28. The monoisotopic (exact) mass is 425 g/mol. The molecule has 156 valence electrons.